The highest BCUT2D eigenvalue weighted by molar-refractivity contribution is 5.70. The molecule has 2 aromatic carbocycles. The van der Waals surface area contributed by atoms with E-state index in [0.29, 0.717) is 5.75 Å². The molecule has 0 aromatic heterocycles. The van der Waals surface area contributed by atoms with Gasteiger partial charge in [0.1, 0.15) is 5.75 Å². The monoisotopic (exact) mass is 376 g/mol. The van der Waals surface area contributed by atoms with E-state index in [1.165, 1.54) is 22.3 Å². The van der Waals surface area contributed by atoms with Gasteiger partial charge in [-0.2, -0.15) is 0 Å². The van der Waals surface area contributed by atoms with E-state index < -0.39 is 0 Å². The first kappa shape index (κ1) is 22.0. The average Bonchev–Trinajstić information content (AvgIpc) is 2.53. The molecule has 150 valence electrons. The Bertz CT molecular complexity index is 914. The summed E-state index contributed by atoms with van der Waals surface area (Å²) in [6.07, 6.45) is 0.813. The summed E-state index contributed by atoms with van der Waals surface area (Å²) in [5.41, 5.74) is 8.68. The maximum atomic E-state index is 10.8. The fourth-order valence-electron chi connectivity index (χ4n) is 3.40. The molecule has 2 rings (SSSR count). The molecule has 0 amide bonds. The summed E-state index contributed by atoms with van der Waals surface area (Å²) in [4.78, 5) is 0. The van der Waals surface area contributed by atoms with E-state index in [9.17, 15) is 5.11 Å². The molecule has 1 N–H and O–H groups in total. The standard InChI is InChI=1S/C27H36O/c1-17(2)21-12-19(13-22(16-21)26(5,6)7)11-20-14-23(18(3)4)25(28)24(15-20)27(8,9)10/h12-16,28H,1,3,11H2,2,4-10H3. The minimum atomic E-state index is -0.138. The van der Waals surface area contributed by atoms with Gasteiger partial charge in [-0.3, -0.25) is 0 Å². The number of allylic oxidation sites excluding steroid dienone is 2. The van der Waals surface area contributed by atoms with E-state index in [-0.39, 0.29) is 10.8 Å². The summed E-state index contributed by atoms with van der Waals surface area (Å²) in [5, 5.41) is 10.8. The van der Waals surface area contributed by atoms with Gasteiger partial charge in [-0.05, 0) is 65.0 Å². The second-order valence-electron chi connectivity index (χ2n) is 10.2. The van der Waals surface area contributed by atoms with Crippen molar-refractivity contribution in [2.45, 2.75) is 72.6 Å². The van der Waals surface area contributed by atoms with E-state index in [4.69, 9.17) is 0 Å². The van der Waals surface area contributed by atoms with Crippen LogP contribution in [0.15, 0.2) is 43.5 Å². The number of hydrogen-bond donors (Lipinski definition) is 1. The molecule has 2 aromatic rings. The van der Waals surface area contributed by atoms with Crippen LogP contribution in [-0.4, -0.2) is 5.11 Å². The highest BCUT2D eigenvalue weighted by Crippen LogP contribution is 2.38. The molecule has 0 saturated heterocycles. The van der Waals surface area contributed by atoms with Crippen LogP contribution in [-0.2, 0) is 17.3 Å². The van der Waals surface area contributed by atoms with Crippen LogP contribution in [0.4, 0.5) is 0 Å². The predicted octanol–water partition coefficient (Wildman–Crippen LogP) is 7.64. The molecule has 0 saturated carbocycles. The van der Waals surface area contributed by atoms with Crippen LogP contribution in [0.3, 0.4) is 0 Å². The Labute approximate surface area is 171 Å². The van der Waals surface area contributed by atoms with Gasteiger partial charge in [-0.25, -0.2) is 0 Å². The minimum Gasteiger partial charge on any atom is -0.507 e. The third kappa shape index (κ3) is 4.95. The summed E-state index contributed by atoms with van der Waals surface area (Å²) in [6.45, 7) is 25.3. The van der Waals surface area contributed by atoms with Crippen molar-refractivity contribution in [1.82, 2.24) is 0 Å². The van der Waals surface area contributed by atoms with Gasteiger partial charge in [-0.15, -0.1) is 0 Å². The van der Waals surface area contributed by atoms with E-state index >= 15 is 0 Å². The van der Waals surface area contributed by atoms with Gasteiger partial charge in [0, 0.05) is 11.1 Å². The molecule has 0 aliphatic rings. The van der Waals surface area contributed by atoms with Crippen molar-refractivity contribution >= 4 is 11.1 Å². The third-order valence-electron chi connectivity index (χ3n) is 5.20. The van der Waals surface area contributed by atoms with Crippen LogP contribution in [0.25, 0.3) is 11.1 Å². The van der Waals surface area contributed by atoms with Gasteiger partial charge in [0.2, 0.25) is 0 Å². The predicted molar refractivity (Wildman–Crippen MR) is 124 cm³/mol. The summed E-state index contributed by atoms with van der Waals surface area (Å²) in [6, 6.07) is 11.0. The molecule has 28 heavy (non-hydrogen) atoms. The van der Waals surface area contributed by atoms with Crippen molar-refractivity contribution in [1.29, 1.82) is 0 Å². The van der Waals surface area contributed by atoms with E-state index in [1.807, 2.05) is 6.92 Å². The summed E-state index contributed by atoms with van der Waals surface area (Å²) in [5.74, 6) is 0.356. The van der Waals surface area contributed by atoms with E-state index in [2.05, 4.69) is 92.0 Å². The first-order valence-corrected chi connectivity index (χ1v) is 10.0. The number of benzene rings is 2. The zero-order chi connectivity index (χ0) is 21.4. The Hall–Kier alpha value is -2.28. The lowest BCUT2D eigenvalue weighted by molar-refractivity contribution is 0.444. The Morgan fingerprint density at radius 1 is 0.786 bits per heavy atom. The van der Waals surface area contributed by atoms with Crippen molar-refractivity contribution in [3.63, 3.8) is 0 Å². The van der Waals surface area contributed by atoms with Gasteiger partial charge in [0.25, 0.3) is 0 Å². The van der Waals surface area contributed by atoms with Gasteiger partial charge in [-0.1, -0.05) is 84.5 Å². The Balaban J connectivity index is 2.62. The maximum absolute atomic E-state index is 10.8. The van der Waals surface area contributed by atoms with Crippen LogP contribution in [0.2, 0.25) is 0 Å². The largest absolute Gasteiger partial charge is 0.507 e. The van der Waals surface area contributed by atoms with Gasteiger partial charge < -0.3 is 5.11 Å². The van der Waals surface area contributed by atoms with Crippen LogP contribution >= 0.6 is 0 Å². The molecule has 0 fully saturated rings. The SMILES string of the molecule is C=C(C)c1cc(Cc2cc(C(=C)C)c(O)c(C(C)(C)C)c2)cc(C(C)(C)C)c1. The molecule has 0 atom stereocenters. The lowest BCUT2D eigenvalue weighted by atomic mass is 9.81. The number of phenolic OH excluding ortho intramolecular Hbond substituents is 1. The van der Waals surface area contributed by atoms with Crippen molar-refractivity contribution in [2.75, 3.05) is 0 Å². The summed E-state index contributed by atoms with van der Waals surface area (Å²) in [7, 11) is 0. The first-order chi connectivity index (χ1) is 12.7. The number of rotatable bonds is 4. The third-order valence-corrected chi connectivity index (χ3v) is 5.20. The van der Waals surface area contributed by atoms with E-state index in [0.717, 1.165) is 28.7 Å². The molecule has 0 unspecified atom stereocenters. The second kappa shape index (κ2) is 7.62. The van der Waals surface area contributed by atoms with Crippen LogP contribution < -0.4 is 0 Å². The van der Waals surface area contributed by atoms with Crippen LogP contribution in [0.1, 0.15) is 88.8 Å². The Morgan fingerprint density at radius 3 is 1.82 bits per heavy atom. The normalized spacial score (nSPS) is 12.1. The van der Waals surface area contributed by atoms with Gasteiger partial charge >= 0.3 is 0 Å². The number of phenols is 1. The fourth-order valence-corrected chi connectivity index (χ4v) is 3.40. The zero-order valence-corrected chi connectivity index (χ0v) is 19.0. The van der Waals surface area contributed by atoms with Crippen molar-refractivity contribution in [3.05, 3.63) is 76.9 Å². The summed E-state index contributed by atoms with van der Waals surface area (Å²) < 4.78 is 0. The average molecular weight is 377 g/mol. The topological polar surface area (TPSA) is 20.2 Å². The number of hydrogen-bond acceptors (Lipinski definition) is 1. The molecule has 1 heteroatoms. The molecule has 0 bridgehead atoms. The second-order valence-corrected chi connectivity index (χ2v) is 10.2. The first-order valence-electron chi connectivity index (χ1n) is 10.0. The van der Waals surface area contributed by atoms with Crippen molar-refractivity contribution in [3.8, 4) is 5.75 Å². The Morgan fingerprint density at radius 2 is 1.36 bits per heavy atom. The smallest absolute Gasteiger partial charge is 0.126 e. The molecule has 0 heterocycles. The Kier molecular flexibility index (Phi) is 5.99. The van der Waals surface area contributed by atoms with E-state index in [1.54, 1.807) is 0 Å². The molecule has 0 aliphatic heterocycles. The zero-order valence-electron chi connectivity index (χ0n) is 19.0. The lowest BCUT2D eigenvalue weighted by Crippen LogP contribution is -2.13. The minimum absolute atomic E-state index is 0.0780. The van der Waals surface area contributed by atoms with Crippen LogP contribution in [0, 0.1) is 0 Å². The molecule has 0 spiro atoms. The van der Waals surface area contributed by atoms with Crippen molar-refractivity contribution in [2.24, 2.45) is 0 Å². The number of aromatic hydroxyl groups is 1. The highest BCUT2D eigenvalue weighted by atomic mass is 16.3. The van der Waals surface area contributed by atoms with Crippen molar-refractivity contribution < 1.29 is 5.11 Å². The summed E-state index contributed by atoms with van der Waals surface area (Å²) >= 11 is 0. The fraction of sp³-hybridized carbons (Fsp3) is 0.407. The maximum Gasteiger partial charge on any atom is 0.126 e. The quantitative estimate of drug-likeness (QED) is 0.581. The molecule has 1 nitrogen and oxygen atoms in total. The molecular weight excluding hydrogens is 340 g/mol. The molecule has 0 radical (unpaired) electrons. The molecule has 0 aliphatic carbocycles. The molecular formula is C27H36O. The van der Waals surface area contributed by atoms with Gasteiger partial charge in [0.05, 0.1) is 0 Å². The lowest BCUT2D eigenvalue weighted by Gasteiger charge is -2.24. The van der Waals surface area contributed by atoms with Crippen LogP contribution in [0.5, 0.6) is 5.75 Å². The van der Waals surface area contributed by atoms with Gasteiger partial charge in [0.15, 0.2) is 0 Å². The highest BCUT2D eigenvalue weighted by Gasteiger charge is 2.22.